The van der Waals surface area contributed by atoms with Crippen LogP contribution in [-0.2, 0) is 0 Å². The van der Waals surface area contributed by atoms with Gasteiger partial charge in [0.15, 0.2) is 0 Å². The fourth-order valence-corrected chi connectivity index (χ4v) is 1.50. The van der Waals surface area contributed by atoms with Crippen molar-refractivity contribution in [1.29, 1.82) is 0 Å². The lowest BCUT2D eigenvalue weighted by Crippen LogP contribution is -2.11. The lowest BCUT2D eigenvalue weighted by molar-refractivity contribution is -0.387. The summed E-state index contributed by atoms with van der Waals surface area (Å²) in [4.78, 5) is 18.2. The number of nitro groups is 1. The van der Waals surface area contributed by atoms with E-state index >= 15 is 0 Å². The van der Waals surface area contributed by atoms with Crippen molar-refractivity contribution in [3.8, 4) is 5.88 Å². The number of methoxy groups -OCH3 is 1. The van der Waals surface area contributed by atoms with Gasteiger partial charge < -0.3 is 4.74 Å². The second-order valence-corrected chi connectivity index (χ2v) is 4.78. The molecule has 1 rings (SSSR count). The van der Waals surface area contributed by atoms with Gasteiger partial charge in [-0.25, -0.2) is 4.98 Å². The van der Waals surface area contributed by atoms with Crippen LogP contribution in [0.4, 0.5) is 5.69 Å². The second kappa shape index (κ2) is 5.20. The molecule has 0 N–H and O–H groups in total. The second-order valence-electron chi connectivity index (χ2n) is 3.34. The highest BCUT2D eigenvalue weighted by atomic mass is 79.9. The van der Waals surface area contributed by atoms with Crippen LogP contribution >= 0.6 is 15.9 Å². The first-order valence-corrected chi connectivity index (χ1v) is 5.58. The van der Waals surface area contributed by atoms with Gasteiger partial charge in [-0.3, -0.25) is 10.1 Å². The third kappa shape index (κ3) is 2.46. The molecule has 88 valence electrons. The van der Waals surface area contributed by atoms with Gasteiger partial charge in [0.1, 0.15) is 12.0 Å². The standard InChI is InChI=1S/C9H12BrN3O3/c1-5(6(2)10)7-8(13(14)15)9(16-3)12-4-11-7/h4-6H,1-3H3. The SMILES string of the molecule is COc1ncnc(C(C)C(C)Br)c1[N+](=O)[O-]. The molecule has 1 aromatic heterocycles. The average molecular weight is 290 g/mol. The summed E-state index contributed by atoms with van der Waals surface area (Å²) in [5.74, 6) is -0.104. The van der Waals surface area contributed by atoms with E-state index in [1.54, 1.807) is 0 Å². The third-order valence-electron chi connectivity index (χ3n) is 2.31. The summed E-state index contributed by atoms with van der Waals surface area (Å²) in [6, 6.07) is 0. The van der Waals surface area contributed by atoms with E-state index in [4.69, 9.17) is 4.74 Å². The highest BCUT2D eigenvalue weighted by molar-refractivity contribution is 9.09. The van der Waals surface area contributed by atoms with Gasteiger partial charge in [-0.2, -0.15) is 4.98 Å². The number of aromatic nitrogens is 2. The van der Waals surface area contributed by atoms with Crippen molar-refractivity contribution in [2.24, 2.45) is 0 Å². The highest BCUT2D eigenvalue weighted by Gasteiger charge is 2.28. The first-order chi connectivity index (χ1) is 7.49. The topological polar surface area (TPSA) is 78.2 Å². The Labute approximate surface area is 101 Å². The van der Waals surface area contributed by atoms with Crippen LogP contribution in [0.25, 0.3) is 0 Å². The van der Waals surface area contributed by atoms with Crippen LogP contribution in [0, 0.1) is 10.1 Å². The van der Waals surface area contributed by atoms with E-state index in [2.05, 4.69) is 25.9 Å². The fourth-order valence-electron chi connectivity index (χ4n) is 1.25. The van der Waals surface area contributed by atoms with Crippen LogP contribution in [0.5, 0.6) is 5.88 Å². The van der Waals surface area contributed by atoms with Gasteiger partial charge in [0.25, 0.3) is 5.88 Å². The van der Waals surface area contributed by atoms with E-state index in [0.29, 0.717) is 5.69 Å². The molecule has 0 saturated heterocycles. The summed E-state index contributed by atoms with van der Waals surface area (Å²) in [6.07, 6.45) is 1.27. The van der Waals surface area contributed by atoms with Crippen molar-refractivity contribution in [3.05, 3.63) is 22.1 Å². The maximum atomic E-state index is 11.0. The summed E-state index contributed by atoms with van der Waals surface area (Å²) in [7, 11) is 1.35. The van der Waals surface area contributed by atoms with Crippen LogP contribution in [-0.4, -0.2) is 26.8 Å². The molecule has 0 amide bonds. The normalized spacial score (nSPS) is 14.2. The Morgan fingerprint density at radius 3 is 2.56 bits per heavy atom. The van der Waals surface area contributed by atoms with Crippen molar-refractivity contribution < 1.29 is 9.66 Å². The van der Waals surface area contributed by atoms with E-state index in [-0.39, 0.29) is 22.3 Å². The number of ether oxygens (including phenoxy) is 1. The Morgan fingerprint density at radius 2 is 2.12 bits per heavy atom. The van der Waals surface area contributed by atoms with Crippen molar-refractivity contribution >= 4 is 21.6 Å². The quantitative estimate of drug-likeness (QED) is 0.483. The molecule has 2 atom stereocenters. The van der Waals surface area contributed by atoms with E-state index < -0.39 is 4.92 Å². The predicted molar refractivity (Wildman–Crippen MR) is 62.0 cm³/mol. The highest BCUT2D eigenvalue weighted by Crippen LogP contribution is 2.34. The van der Waals surface area contributed by atoms with Gasteiger partial charge in [0.2, 0.25) is 0 Å². The number of hydrogen-bond donors (Lipinski definition) is 0. The Bertz CT molecular complexity index is 398. The maximum Gasteiger partial charge on any atom is 0.352 e. The summed E-state index contributed by atoms with van der Waals surface area (Å²) in [6.45, 7) is 3.76. The van der Waals surface area contributed by atoms with Gasteiger partial charge in [-0.05, 0) is 0 Å². The number of alkyl halides is 1. The first-order valence-electron chi connectivity index (χ1n) is 4.66. The molecular weight excluding hydrogens is 278 g/mol. The molecule has 0 aliphatic carbocycles. The smallest absolute Gasteiger partial charge is 0.352 e. The van der Waals surface area contributed by atoms with Crippen LogP contribution in [0.2, 0.25) is 0 Å². The Hall–Kier alpha value is -1.24. The molecule has 0 fully saturated rings. The molecule has 0 saturated carbocycles. The molecule has 16 heavy (non-hydrogen) atoms. The van der Waals surface area contributed by atoms with Crippen LogP contribution in [0.1, 0.15) is 25.5 Å². The van der Waals surface area contributed by atoms with E-state index in [1.165, 1.54) is 13.4 Å². The monoisotopic (exact) mass is 289 g/mol. The Morgan fingerprint density at radius 1 is 1.50 bits per heavy atom. The minimum atomic E-state index is -0.514. The molecule has 0 spiro atoms. The van der Waals surface area contributed by atoms with Crippen molar-refractivity contribution in [2.75, 3.05) is 7.11 Å². The number of halogens is 1. The maximum absolute atomic E-state index is 11.0. The summed E-state index contributed by atoms with van der Waals surface area (Å²) in [5, 5.41) is 11.0. The summed E-state index contributed by atoms with van der Waals surface area (Å²) in [5.41, 5.74) is 0.213. The fraction of sp³-hybridized carbons (Fsp3) is 0.556. The summed E-state index contributed by atoms with van der Waals surface area (Å²) < 4.78 is 4.87. The number of nitrogens with zero attached hydrogens (tertiary/aromatic N) is 3. The molecule has 1 heterocycles. The molecule has 0 aliphatic heterocycles. The number of rotatable bonds is 4. The Balaban J connectivity index is 3.33. The van der Waals surface area contributed by atoms with Crippen molar-refractivity contribution in [2.45, 2.75) is 24.6 Å². The molecule has 0 aromatic carbocycles. The molecule has 7 heteroatoms. The molecule has 6 nitrogen and oxygen atoms in total. The van der Waals surface area contributed by atoms with E-state index in [9.17, 15) is 10.1 Å². The lowest BCUT2D eigenvalue weighted by atomic mass is 10.0. The minimum absolute atomic E-state index is 0.00463. The van der Waals surface area contributed by atoms with E-state index in [1.807, 2.05) is 13.8 Å². The van der Waals surface area contributed by atoms with Gasteiger partial charge in [0.05, 0.1) is 12.0 Å². The van der Waals surface area contributed by atoms with Crippen LogP contribution < -0.4 is 4.74 Å². The first kappa shape index (κ1) is 12.8. The predicted octanol–water partition coefficient (Wildman–Crippen LogP) is 2.28. The molecule has 0 bridgehead atoms. The van der Waals surface area contributed by atoms with Crippen LogP contribution in [0.3, 0.4) is 0 Å². The van der Waals surface area contributed by atoms with Gasteiger partial charge >= 0.3 is 5.69 Å². The molecule has 2 unspecified atom stereocenters. The number of hydrogen-bond acceptors (Lipinski definition) is 5. The van der Waals surface area contributed by atoms with Crippen molar-refractivity contribution in [1.82, 2.24) is 9.97 Å². The lowest BCUT2D eigenvalue weighted by Gasteiger charge is -2.13. The largest absolute Gasteiger partial charge is 0.476 e. The average Bonchev–Trinajstić information content (AvgIpc) is 2.26. The minimum Gasteiger partial charge on any atom is -0.476 e. The third-order valence-corrected chi connectivity index (χ3v) is 3.11. The molecule has 0 radical (unpaired) electrons. The zero-order chi connectivity index (χ0) is 12.3. The molecule has 0 aliphatic rings. The van der Waals surface area contributed by atoms with Gasteiger partial charge in [-0.1, -0.05) is 29.8 Å². The summed E-state index contributed by atoms with van der Waals surface area (Å²) >= 11 is 3.38. The van der Waals surface area contributed by atoms with Gasteiger partial charge in [-0.15, -0.1) is 0 Å². The zero-order valence-corrected chi connectivity index (χ0v) is 10.8. The Kier molecular flexibility index (Phi) is 4.17. The zero-order valence-electron chi connectivity index (χ0n) is 9.18. The molecular formula is C9H12BrN3O3. The van der Waals surface area contributed by atoms with Gasteiger partial charge in [0, 0.05) is 10.7 Å². The van der Waals surface area contributed by atoms with Crippen molar-refractivity contribution in [3.63, 3.8) is 0 Å². The van der Waals surface area contributed by atoms with Crippen LogP contribution in [0.15, 0.2) is 6.33 Å². The molecule has 1 aromatic rings. The van der Waals surface area contributed by atoms with E-state index in [0.717, 1.165) is 0 Å².